The standard InChI is InChI=1S/C14H12BrClO3S/c1-18-7-2-3-8-10(17)6-12(19-11(8)4-7)13-5-9(15)14(16)20-13/h2-5,10,12,17H,6H2,1H3/t10-,12?/m0/s1. The summed E-state index contributed by atoms with van der Waals surface area (Å²) >= 11 is 10.9. The molecule has 2 heterocycles. The van der Waals surface area contributed by atoms with Gasteiger partial charge < -0.3 is 14.6 Å². The van der Waals surface area contributed by atoms with Crippen molar-refractivity contribution in [1.82, 2.24) is 0 Å². The van der Waals surface area contributed by atoms with Crippen LogP contribution in [0.15, 0.2) is 28.7 Å². The van der Waals surface area contributed by atoms with Crippen molar-refractivity contribution in [1.29, 1.82) is 0 Å². The van der Waals surface area contributed by atoms with Crippen molar-refractivity contribution in [3.8, 4) is 11.5 Å². The molecule has 0 saturated heterocycles. The lowest BCUT2D eigenvalue weighted by molar-refractivity contribution is 0.0671. The molecule has 6 heteroatoms. The van der Waals surface area contributed by atoms with E-state index in [4.69, 9.17) is 21.1 Å². The third kappa shape index (κ3) is 2.55. The van der Waals surface area contributed by atoms with Gasteiger partial charge in [0.05, 0.1) is 13.2 Å². The molecule has 0 radical (unpaired) electrons. The fourth-order valence-corrected chi connectivity index (χ4v) is 4.03. The molecule has 0 aliphatic carbocycles. The van der Waals surface area contributed by atoms with Gasteiger partial charge >= 0.3 is 0 Å². The lowest BCUT2D eigenvalue weighted by Crippen LogP contribution is -2.18. The molecule has 0 fully saturated rings. The first-order chi connectivity index (χ1) is 9.58. The number of ether oxygens (including phenoxy) is 2. The van der Waals surface area contributed by atoms with E-state index < -0.39 is 6.10 Å². The lowest BCUT2D eigenvalue weighted by Gasteiger charge is -2.29. The van der Waals surface area contributed by atoms with Crippen LogP contribution < -0.4 is 9.47 Å². The van der Waals surface area contributed by atoms with Gasteiger partial charge in [-0.2, -0.15) is 0 Å². The largest absolute Gasteiger partial charge is 0.497 e. The van der Waals surface area contributed by atoms with Crippen molar-refractivity contribution >= 4 is 38.9 Å². The number of aliphatic hydroxyl groups is 1. The van der Waals surface area contributed by atoms with E-state index in [0.717, 1.165) is 14.9 Å². The van der Waals surface area contributed by atoms with E-state index in [-0.39, 0.29) is 6.10 Å². The molecule has 0 bridgehead atoms. The molecule has 3 nitrogen and oxygen atoms in total. The molecule has 0 saturated carbocycles. The molecule has 106 valence electrons. The molecule has 1 unspecified atom stereocenters. The SMILES string of the molecule is COc1ccc2c(c1)OC(c1cc(Br)c(Cl)s1)C[C@@H]2O. The van der Waals surface area contributed by atoms with Crippen molar-refractivity contribution < 1.29 is 14.6 Å². The zero-order chi connectivity index (χ0) is 14.3. The van der Waals surface area contributed by atoms with Crippen molar-refractivity contribution in [3.63, 3.8) is 0 Å². The van der Waals surface area contributed by atoms with E-state index in [1.165, 1.54) is 11.3 Å². The zero-order valence-electron chi connectivity index (χ0n) is 10.6. The predicted molar refractivity (Wildman–Crippen MR) is 83.0 cm³/mol. The number of benzene rings is 1. The highest BCUT2D eigenvalue weighted by Crippen LogP contribution is 2.45. The van der Waals surface area contributed by atoms with Crippen LogP contribution >= 0.6 is 38.9 Å². The second-order valence-corrected chi connectivity index (χ2v) is 7.07. The summed E-state index contributed by atoms with van der Waals surface area (Å²) in [5, 5.41) is 10.3. The molecule has 0 spiro atoms. The monoisotopic (exact) mass is 374 g/mol. The number of halogens is 2. The predicted octanol–water partition coefficient (Wildman–Crippen LogP) is 4.73. The van der Waals surface area contributed by atoms with Gasteiger partial charge in [0.25, 0.3) is 0 Å². The maximum atomic E-state index is 10.3. The summed E-state index contributed by atoms with van der Waals surface area (Å²) in [7, 11) is 1.61. The topological polar surface area (TPSA) is 38.7 Å². The molecule has 1 aromatic carbocycles. The fraction of sp³-hybridized carbons (Fsp3) is 0.286. The summed E-state index contributed by atoms with van der Waals surface area (Å²) in [6.07, 6.45) is -0.226. The molecule has 0 amide bonds. The summed E-state index contributed by atoms with van der Waals surface area (Å²) < 4.78 is 12.7. The number of hydrogen-bond acceptors (Lipinski definition) is 4. The molecule has 1 aliphatic heterocycles. The molecule has 20 heavy (non-hydrogen) atoms. The Kier molecular flexibility index (Phi) is 3.95. The van der Waals surface area contributed by atoms with Gasteiger partial charge in [-0.05, 0) is 34.1 Å². The van der Waals surface area contributed by atoms with Crippen molar-refractivity contribution in [2.45, 2.75) is 18.6 Å². The smallest absolute Gasteiger partial charge is 0.136 e. The van der Waals surface area contributed by atoms with Gasteiger partial charge in [-0.25, -0.2) is 0 Å². The van der Waals surface area contributed by atoms with Crippen molar-refractivity contribution in [2.75, 3.05) is 7.11 Å². The quantitative estimate of drug-likeness (QED) is 0.824. The summed E-state index contributed by atoms with van der Waals surface area (Å²) in [5.41, 5.74) is 0.795. The van der Waals surface area contributed by atoms with Gasteiger partial charge in [0.2, 0.25) is 0 Å². The van der Waals surface area contributed by atoms with E-state index in [1.54, 1.807) is 13.2 Å². The molecular weight excluding hydrogens is 364 g/mol. The maximum Gasteiger partial charge on any atom is 0.136 e. The Morgan fingerprint density at radius 2 is 2.25 bits per heavy atom. The van der Waals surface area contributed by atoms with E-state index >= 15 is 0 Å². The summed E-state index contributed by atoms with van der Waals surface area (Å²) in [6.45, 7) is 0. The van der Waals surface area contributed by atoms with Crippen molar-refractivity contribution in [3.05, 3.63) is 43.5 Å². The number of rotatable bonds is 2. The molecular formula is C14H12BrClO3S. The highest BCUT2D eigenvalue weighted by molar-refractivity contribution is 9.10. The van der Waals surface area contributed by atoms with Crippen LogP contribution in [0.4, 0.5) is 0 Å². The summed E-state index contributed by atoms with van der Waals surface area (Å²) in [4.78, 5) is 0.995. The summed E-state index contributed by atoms with van der Waals surface area (Å²) in [6, 6.07) is 7.40. The van der Waals surface area contributed by atoms with Crippen LogP contribution in [0.5, 0.6) is 11.5 Å². The Labute approximate surface area is 134 Å². The minimum atomic E-state index is -0.547. The fourth-order valence-electron chi connectivity index (χ4n) is 2.25. The number of fused-ring (bicyclic) bond motifs is 1. The third-order valence-corrected chi connectivity index (χ3v) is 5.83. The molecule has 3 rings (SSSR count). The molecule has 1 aromatic heterocycles. The van der Waals surface area contributed by atoms with Gasteiger partial charge in [-0.1, -0.05) is 11.6 Å². The van der Waals surface area contributed by atoms with Gasteiger partial charge in [-0.3, -0.25) is 0 Å². The third-order valence-electron chi connectivity index (χ3n) is 3.27. The van der Waals surface area contributed by atoms with Crippen LogP contribution in [-0.2, 0) is 0 Å². The van der Waals surface area contributed by atoms with Crippen LogP contribution in [0.25, 0.3) is 0 Å². The van der Waals surface area contributed by atoms with Gasteiger partial charge in [0.1, 0.15) is 21.9 Å². The first-order valence-corrected chi connectivity index (χ1v) is 8.04. The second-order valence-electron chi connectivity index (χ2n) is 4.53. The number of thiophene rings is 1. The van der Waals surface area contributed by atoms with Crippen LogP contribution in [-0.4, -0.2) is 12.2 Å². The van der Waals surface area contributed by atoms with Crippen molar-refractivity contribution in [2.24, 2.45) is 0 Å². The van der Waals surface area contributed by atoms with Gasteiger partial charge in [-0.15, -0.1) is 11.3 Å². The molecule has 2 aromatic rings. The summed E-state index contributed by atoms with van der Waals surface area (Å²) in [5.74, 6) is 1.37. The number of methoxy groups -OCH3 is 1. The maximum absolute atomic E-state index is 10.3. The van der Waals surface area contributed by atoms with Crippen LogP contribution in [0.3, 0.4) is 0 Å². The number of aliphatic hydroxyl groups excluding tert-OH is 1. The Hall–Kier alpha value is -0.750. The Morgan fingerprint density at radius 3 is 2.90 bits per heavy atom. The molecule has 2 atom stereocenters. The average Bonchev–Trinajstić information content (AvgIpc) is 2.78. The van der Waals surface area contributed by atoms with Crippen LogP contribution in [0.1, 0.15) is 29.1 Å². The normalized spacial score (nSPS) is 21.2. The average molecular weight is 376 g/mol. The Bertz CT molecular complexity index is 624. The first-order valence-electron chi connectivity index (χ1n) is 6.06. The van der Waals surface area contributed by atoms with E-state index in [1.807, 2.05) is 18.2 Å². The van der Waals surface area contributed by atoms with Gasteiger partial charge in [0.15, 0.2) is 0 Å². The van der Waals surface area contributed by atoms with E-state index in [9.17, 15) is 5.11 Å². The first kappa shape index (κ1) is 14.2. The minimum Gasteiger partial charge on any atom is -0.497 e. The minimum absolute atomic E-state index is 0.196. The van der Waals surface area contributed by atoms with E-state index in [2.05, 4.69) is 15.9 Å². The highest BCUT2D eigenvalue weighted by atomic mass is 79.9. The highest BCUT2D eigenvalue weighted by Gasteiger charge is 2.29. The molecule has 1 N–H and O–H groups in total. The Balaban J connectivity index is 1.94. The number of hydrogen-bond donors (Lipinski definition) is 1. The molecule has 1 aliphatic rings. The van der Waals surface area contributed by atoms with Gasteiger partial charge in [0, 0.05) is 27.4 Å². The van der Waals surface area contributed by atoms with E-state index in [0.29, 0.717) is 22.3 Å². The Morgan fingerprint density at radius 1 is 1.45 bits per heavy atom. The second kappa shape index (κ2) is 5.56. The van der Waals surface area contributed by atoms with Crippen LogP contribution in [0, 0.1) is 0 Å². The van der Waals surface area contributed by atoms with Crippen LogP contribution in [0.2, 0.25) is 4.34 Å². The lowest BCUT2D eigenvalue weighted by atomic mass is 9.98. The zero-order valence-corrected chi connectivity index (χ0v) is 13.8.